The van der Waals surface area contributed by atoms with E-state index in [2.05, 4.69) is 14.9 Å². The van der Waals surface area contributed by atoms with Gasteiger partial charge in [-0.1, -0.05) is 6.07 Å². The van der Waals surface area contributed by atoms with Crippen LogP contribution in [0, 0.1) is 18.6 Å². The Morgan fingerprint density at radius 2 is 2.10 bits per heavy atom. The van der Waals surface area contributed by atoms with E-state index in [1.165, 1.54) is 6.07 Å². The molecule has 0 radical (unpaired) electrons. The maximum Gasteiger partial charge on any atom is 0.244 e. The highest BCUT2D eigenvalue weighted by molar-refractivity contribution is 7.89. The fraction of sp³-hybridized carbons (Fsp3) is 0.250. The lowest BCUT2D eigenvalue weighted by Crippen LogP contribution is -2.25. The molecule has 6 nitrogen and oxygen atoms in total. The second-order valence-corrected chi connectivity index (χ2v) is 6.09. The molecular weight excluding hydrogens is 302 g/mol. The number of hydrogen-bond acceptors (Lipinski definition) is 4. The van der Waals surface area contributed by atoms with E-state index in [-0.39, 0.29) is 29.2 Å². The molecule has 21 heavy (non-hydrogen) atoms. The maximum atomic E-state index is 13.5. The predicted octanol–water partition coefficient (Wildman–Crippen LogP) is 0.934. The van der Waals surface area contributed by atoms with Crippen LogP contribution in [0.15, 0.2) is 23.1 Å². The van der Waals surface area contributed by atoms with Gasteiger partial charge >= 0.3 is 0 Å². The van der Waals surface area contributed by atoms with Crippen LogP contribution in [0.3, 0.4) is 0 Å². The Morgan fingerprint density at radius 3 is 2.71 bits per heavy atom. The molecule has 0 unspecified atom stereocenters. The fourth-order valence-corrected chi connectivity index (χ4v) is 3.25. The van der Waals surface area contributed by atoms with Crippen LogP contribution in [0.1, 0.15) is 17.0 Å². The van der Waals surface area contributed by atoms with Gasteiger partial charge in [0.05, 0.1) is 11.4 Å². The van der Waals surface area contributed by atoms with Crippen LogP contribution >= 0.6 is 0 Å². The van der Waals surface area contributed by atoms with Crippen molar-refractivity contribution in [2.75, 3.05) is 0 Å². The van der Waals surface area contributed by atoms with Crippen molar-refractivity contribution in [3.8, 4) is 0 Å². The summed E-state index contributed by atoms with van der Waals surface area (Å²) in [7, 11) is -3.90. The van der Waals surface area contributed by atoms with Gasteiger partial charge in [0.25, 0.3) is 0 Å². The van der Waals surface area contributed by atoms with Gasteiger partial charge in [-0.25, -0.2) is 21.9 Å². The zero-order chi connectivity index (χ0) is 15.6. The quantitative estimate of drug-likeness (QED) is 0.764. The standard InChI is InChI=1S/C12H14F2N4O2S/c1-7-12(11(5-15)18-17-7)21(19,20)16-6-8-2-3-9(13)4-10(8)14/h2-4,16H,5-6,15H2,1H3,(H,17,18). The van der Waals surface area contributed by atoms with Gasteiger partial charge in [0.2, 0.25) is 10.0 Å². The number of nitrogens with zero attached hydrogens (tertiary/aromatic N) is 1. The predicted molar refractivity (Wildman–Crippen MR) is 71.6 cm³/mol. The number of aromatic amines is 1. The number of benzene rings is 1. The summed E-state index contributed by atoms with van der Waals surface area (Å²) in [5.74, 6) is -1.55. The van der Waals surface area contributed by atoms with Gasteiger partial charge in [-0.3, -0.25) is 5.10 Å². The van der Waals surface area contributed by atoms with Gasteiger partial charge in [0, 0.05) is 24.7 Å². The van der Waals surface area contributed by atoms with Crippen LogP contribution in [0.2, 0.25) is 0 Å². The van der Waals surface area contributed by atoms with Gasteiger partial charge in [-0.2, -0.15) is 5.10 Å². The van der Waals surface area contributed by atoms with Crippen LogP contribution in [0.4, 0.5) is 8.78 Å². The number of hydrogen-bond donors (Lipinski definition) is 3. The summed E-state index contributed by atoms with van der Waals surface area (Å²) in [6.45, 7) is 1.19. The molecule has 0 saturated carbocycles. The Morgan fingerprint density at radius 1 is 1.38 bits per heavy atom. The highest BCUT2D eigenvalue weighted by Gasteiger charge is 2.23. The summed E-state index contributed by atoms with van der Waals surface area (Å²) in [4.78, 5) is -0.0486. The van der Waals surface area contributed by atoms with E-state index < -0.39 is 21.7 Å². The van der Waals surface area contributed by atoms with Gasteiger partial charge in [0.1, 0.15) is 16.5 Å². The van der Waals surface area contributed by atoms with Gasteiger partial charge in [-0.05, 0) is 13.0 Å². The molecule has 2 aromatic rings. The molecule has 0 fully saturated rings. The van der Waals surface area contributed by atoms with E-state index in [0.717, 1.165) is 6.07 Å². The lowest BCUT2D eigenvalue weighted by Gasteiger charge is -2.08. The topological polar surface area (TPSA) is 101 Å². The molecule has 0 saturated heterocycles. The number of H-pyrrole nitrogens is 1. The maximum absolute atomic E-state index is 13.5. The first-order valence-corrected chi connectivity index (χ1v) is 7.51. The van der Waals surface area contributed by atoms with Crippen LogP contribution in [-0.4, -0.2) is 18.6 Å². The first-order valence-electron chi connectivity index (χ1n) is 6.02. The number of halogens is 2. The molecular formula is C12H14F2N4O2S. The summed E-state index contributed by atoms with van der Waals surface area (Å²) in [6, 6.07) is 2.93. The minimum absolute atomic E-state index is 0.0374. The van der Waals surface area contributed by atoms with Crippen LogP contribution < -0.4 is 10.5 Å². The Bertz CT molecular complexity index is 759. The molecule has 0 aliphatic rings. The average Bonchev–Trinajstić information content (AvgIpc) is 2.79. The zero-order valence-corrected chi connectivity index (χ0v) is 12.0. The Labute approximate surface area is 120 Å². The number of nitrogens with two attached hydrogens (primary N) is 1. The molecule has 0 amide bonds. The van der Waals surface area contributed by atoms with Crippen molar-refractivity contribution >= 4 is 10.0 Å². The van der Waals surface area contributed by atoms with E-state index in [1.54, 1.807) is 6.92 Å². The summed E-state index contributed by atoms with van der Waals surface area (Å²) in [5.41, 5.74) is 6.00. The highest BCUT2D eigenvalue weighted by atomic mass is 32.2. The van der Waals surface area contributed by atoms with Crippen LogP contribution in [-0.2, 0) is 23.1 Å². The Balaban J connectivity index is 2.24. The van der Waals surface area contributed by atoms with E-state index in [4.69, 9.17) is 5.73 Å². The second kappa shape index (κ2) is 5.88. The number of nitrogens with one attached hydrogen (secondary N) is 2. The van der Waals surface area contributed by atoms with E-state index in [0.29, 0.717) is 11.8 Å². The third-order valence-corrected chi connectivity index (χ3v) is 4.49. The van der Waals surface area contributed by atoms with Crippen molar-refractivity contribution in [1.29, 1.82) is 0 Å². The van der Waals surface area contributed by atoms with Crippen LogP contribution in [0.25, 0.3) is 0 Å². The SMILES string of the molecule is Cc1[nH]nc(CN)c1S(=O)(=O)NCc1ccc(F)cc1F. The van der Waals surface area contributed by atoms with E-state index in [1.807, 2.05) is 0 Å². The van der Waals surface area contributed by atoms with Crippen molar-refractivity contribution in [2.45, 2.75) is 24.9 Å². The third kappa shape index (κ3) is 3.26. The smallest absolute Gasteiger partial charge is 0.244 e. The molecule has 0 aliphatic heterocycles. The summed E-state index contributed by atoms with van der Waals surface area (Å²) < 4.78 is 53.0. The molecule has 1 aromatic carbocycles. The Kier molecular flexibility index (Phi) is 4.35. The molecule has 2 rings (SSSR count). The Hall–Kier alpha value is -1.84. The second-order valence-electron chi connectivity index (χ2n) is 4.39. The van der Waals surface area contributed by atoms with Crippen LogP contribution in [0.5, 0.6) is 0 Å². The lowest BCUT2D eigenvalue weighted by atomic mass is 10.2. The molecule has 0 bridgehead atoms. The average molecular weight is 316 g/mol. The molecule has 0 atom stereocenters. The normalized spacial score (nSPS) is 11.8. The van der Waals surface area contributed by atoms with E-state index in [9.17, 15) is 17.2 Å². The van der Waals surface area contributed by atoms with Gasteiger partial charge in [0.15, 0.2) is 0 Å². The van der Waals surface area contributed by atoms with Crippen molar-refractivity contribution in [1.82, 2.24) is 14.9 Å². The number of sulfonamides is 1. The molecule has 1 heterocycles. The summed E-state index contributed by atoms with van der Waals surface area (Å²) in [5, 5.41) is 6.33. The lowest BCUT2D eigenvalue weighted by molar-refractivity contribution is 0.562. The minimum Gasteiger partial charge on any atom is -0.325 e. The fourth-order valence-electron chi connectivity index (χ4n) is 1.87. The largest absolute Gasteiger partial charge is 0.325 e. The van der Waals surface area contributed by atoms with Gasteiger partial charge in [-0.15, -0.1) is 0 Å². The highest BCUT2D eigenvalue weighted by Crippen LogP contribution is 2.18. The number of aromatic nitrogens is 2. The number of rotatable bonds is 5. The van der Waals surface area contributed by atoms with Crippen molar-refractivity contribution in [3.05, 3.63) is 46.8 Å². The minimum atomic E-state index is -3.90. The summed E-state index contributed by atoms with van der Waals surface area (Å²) >= 11 is 0. The van der Waals surface area contributed by atoms with Crippen molar-refractivity contribution < 1.29 is 17.2 Å². The van der Waals surface area contributed by atoms with E-state index >= 15 is 0 Å². The monoisotopic (exact) mass is 316 g/mol. The molecule has 114 valence electrons. The number of aryl methyl sites for hydroxylation is 1. The molecule has 4 N–H and O–H groups in total. The van der Waals surface area contributed by atoms with Crippen molar-refractivity contribution in [2.24, 2.45) is 5.73 Å². The summed E-state index contributed by atoms with van der Waals surface area (Å²) in [6.07, 6.45) is 0. The molecule has 0 spiro atoms. The molecule has 1 aromatic heterocycles. The third-order valence-electron chi connectivity index (χ3n) is 2.89. The molecule has 0 aliphatic carbocycles. The van der Waals surface area contributed by atoms with Crippen molar-refractivity contribution in [3.63, 3.8) is 0 Å². The van der Waals surface area contributed by atoms with Gasteiger partial charge < -0.3 is 5.73 Å². The zero-order valence-electron chi connectivity index (χ0n) is 11.2. The first kappa shape index (κ1) is 15.5. The molecule has 9 heteroatoms. The first-order chi connectivity index (χ1) is 9.85.